The largest absolute Gasteiger partial charge is 0.421 e. The van der Waals surface area contributed by atoms with Crippen molar-refractivity contribution in [2.24, 2.45) is 0 Å². The maximum Gasteiger partial charge on any atom is 0.240 e. The third kappa shape index (κ3) is 4.35. The van der Waals surface area contributed by atoms with Crippen LogP contribution in [0.5, 0.6) is 0 Å². The van der Waals surface area contributed by atoms with E-state index in [0.717, 1.165) is 27.1 Å². The van der Waals surface area contributed by atoms with E-state index in [-0.39, 0.29) is 5.82 Å². The second kappa shape index (κ2) is 7.90. The first-order valence-corrected chi connectivity index (χ1v) is 9.67. The summed E-state index contributed by atoms with van der Waals surface area (Å²) in [6, 6.07) is 14.5. The van der Waals surface area contributed by atoms with Crippen molar-refractivity contribution in [2.75, 3.05) is 0 Å². The van der Waals surface area contributed by atoms with E-state index in [1.807, 2.05) is 47.2 Å². The molecule has 6 heteroatoms. The highest BCUT2D eigenvalue weighted by molar-refractivity contribution is 7.80. The van der Waals surface area contributed by atoms with Gasteiger partial charge in [-0.05, 0) is 69.4 Å². The van der Waals surface area contributed by atoms with Gasteiger partial charge in [-0.1, -0.05) is 18.2 Å². The van der Waals surface area contributed by atoms with Gasteiger partial charge in [-0.2, -0.15) is 11.3 Å². The third-order valence-electron chi connectivity index (χ3n) is 4.00. The van der Waals surface area contributed by atoms with Crippen molar-refractivity contribution >= 4 is 36.1 Å². The van der Waals surface area contributed by atoms with Crippen molar-refractivity contribution in [3.8, 4) is 11.1 Å². The van der Waals surface area contributed by atoms with Gasteiger partial charge in [0.2, 0.25) is 11.8 Å². The molecular weight excluding hydrogens is 379 g/mol. The zero-order valence-electron chi connectivity index (χ0n) is 14.2. The van der Waals surface area contributed by atoms with E-state index in [9.17, 15) is 4.39 Å². The molecule has 0 aliphatic carbocycles. The van der Waals surface area contributed by atoms with Crippen LogP contribution in [-0.2, 0) is 6.42 Å². The highest BCUT2D eigenvalue weighted by atomic mass is 32.1. The number of thiophene rings is 1. The van der Waals surface area contributed by atoms with Gasteiger partial charge in [-0.25, -0.2) is 4.39 Å². The Labute approximate surface area is 165 Å². The number of nitrogens with zero attached hydrogens (tertiary/aromatic N) is 2. The van der Waals surface area contributed by atoms with Gasteiger partial charge >= 0.3 is 0 Å². The first kappa shape index (κ1) is 17.7. The van der Waals surface area contributed by atoms with E-state index in [2.05, 4.69) is 22.8 Å². The molecule has 0 saturated carbocycles. The fraction of sp³-hybridized carbons (Fsp3) is 0.0476. The lowest BCUT2D eigenvalue weighted by Crippen LogP contribution is -1.87. The van der Waals surface area contributed by atoms with Crippen molar-refractivity contribution in [3.05, 3.63) is 88.0 Å². The van der Waals surface area contributed by atoms with Crippen molar-refractivity contribution in [3.63, 3.8) is 0 Å². The lowest BCUT2D eigenvalue weighted by Gasteiger charge is -2.04. The van der Waals surface area contributed by atoms with Gasteiger partial charge < -0.3 is 4.42 Å². The van der Waals surface area contributed by atoms with Crippen LogP contribution in [0.15, 0.2) is 68.6 Å². The summed E-state index contributed by atoms with van der Waals surface area (Å²) in [6.07, 6.45) is 4.15. The number of hydrogen-bond donors (Lipinski definition) is 1. The van der Waals surface area contributed by atoms with Crippen molar-refractivity contribution in [2.45, 2.75) is 11.3 Å². The van der Waals surface area contributed by atoms with Crippen molar-refractivity contribution < 1.29 is 8.81 Å². The molecule has 4 rings (SSSR count). The van der Waals surface area contributed by atoms with E-state index in [1.165, 1.54) is 12.1 Å². The molecule has 27 heavy (non-hydrogen) atoms. The third-order valence-corrected chi connectivity index (χ3v) is 4.96. The minimum atomic E-state index is -0.264. The fourth-order valence-corrected chi connectivity index (χ4v) is 3.66. The summed E-state index contributed by atoms with van der Waals surface area (Å²) in [6.45, 7) is 0. The van der Waals surface area contributed by atoms with Crippen LogP contribution < -0.4 is 0 Å². The predicted molar refractivity (Wildman–Crippen MR) is 109 cm³/mol. The van der Waals surface area contributed by atoms with Gasteiger partial charge in [-0.3, -0.25) is 0 Å². The van der Waals surface area contributed by atoms with E-state index >= 15 is 0 Å². The number of hydrogen-bond acceptors (Lipinski definition) is 5. The molecule has 0 unspecified atom stereocenters. The molecular formula is C21H15FN2OS2. The zero-order chi connectivity index (χ0) is 18.6. The molecule has 0 fully saturated rings. The maximum atomic E-state index is 13.7. The summed E-state index contributed by atoms with van der Waals surface area (Å²) < 4.78 is 19.4. The molecule has 0 bridgehead atoms. The molecule has 0 saturated heterocycles. The van der Waals surface area contributed by atoms with Gasteiger partial charge in [0.1, 0.15) is 5.82 Å². The Kier molecular flexibility index (Phi) is 5.18. The van der Waals surface area contributed by atoms with Gasteiger partial charge in [-0.15, -0.1) is 22.8 Å². The van der Waals surface area contributed by atoms with Gasteiger partial charge in [0.05, 0.1) is 6.42 Å². The molecule has 3 nitrogen and oxygen atoms in total. The monoisotopic (exact) mass is 394 g/mol. The number of benzene rings is 2. The standard InChI is InChI=1S/C21H15FN2OS2/c22-17-6-4-15(19(12-17)16-8-9-27-13-16)5-7-20-23-24-21(25-20)11-14-2-1-3-18(26)10-14/h1-10,12-13,26H,11H2/b7-5+. The zero-order valence-corrected chi connectivity index (χ0v) is 15.9. The highest BCUT2D eigenvalue weighted by Gasteiger charge is 2.08. The summed E-state index contributed by atoms with van der Waals surface area (Å²) >= 11 is 5.91. The normalized spacial score (nSPS) is 11.3. The SMILES string of the molecule is Fc1ccc(/C=C/c2nnc(Cc3cccc(S)c3)o2)c(-c2ccsc2)c1. The Hall–Kier alpha value is -2.70. The van der Waals surface area contributed by atoms with Gasteiger partial charge in [0.15, 0.2) is 0 Å². The van der Waals surface area contributed by atoms with Crippen LogP contribution in [0.4, 0.5) is 4.39 Å². The molecule has 0 radical (unpaired) electrons. The van der Waals surface area contributed by atoms with Gasteiger partial charge in [0, 0.05) is 11.0 Å². The maximum absolute atomic E-state index is 13.7. The van der Waals surface area contributed by atoms with E-state index < -0.39 is 0 Å². The minimum absolute atomic E-state index is 0.264. The molecule has 0 amide bonds. The quantitative estimate of drug-likeness (QED) is 0.423. The van der Waals surface area contributed by atoms with Crippen molar-refractivity contribution in [1.29, 1.82) is 0 Å². The Morgan fingerprint density at radius 2 is 2.00 bits per heavy atom. The van der Waals surface area contributed by atoms with Crippen LogP contribution in [0.3, 0.4) is 0 Å². The molecule has 0 aliphatic heterocycles. The average molecular weight is 394 g/mol. The molecule has 4 aromatic rings. The molecule has 2 aromatic heterocycles. The fourth-order valence-electron chi connectivity index (χ4n) is 2.75. The van der Waals surface area contributed by atoms with Crippen molar-refractivity contribution in [1.82, 2.24) is 10.2 Å². The molecule has 2 aromatic carbocycles. The molecule has 0 aliphatic rings. The lowest BCUT2D eigenvalue weighted by atomic mass is 10.0. The molecule has 2 heterocycles. The Balaban J connectivity index is 1.55. The number of aromatic nitrogens is 2. The highest BCUT2D eigenvalue weighted by Crippen LogP contribution is 2.28. The number of rotatable bonds is 5. The van der Waals surface area contributed by atoms with Crippen LogP contribution in [0, 0.1) is 5.82 Å². The van der Waals surface area contributed by atoms with E-state index in [4.69, 9.17) is 4.42 Å². The summed E-state index contributed by atoms with van der Waals surface area (Å²) in [5.74, 6) is 0.679. The molecule has 0 spiro atoms. The van der Waals surface area contributed by atoms with Crippen LogP contribution in [0.1, 0.15) is 22.9 Å². The Morgan fingerprint density at radius 3 is 2.81 bits per heavy atom. The first-order chi connectivity index (χ1) is 13.2. The first-order valence-electron chi connectivity index (χ1n) is 8.28. The summed E-state index contributed by atoms with van der Waals surface area (Å²) in [5, 5.41) is 12.1. The number of thiol groups is 1. The molecule has 0 atom stereocenters. The second-order valence-electron chi connectivity index (χ2n) is 5.96. The van der Waals surface area contributed by atoms with Crippen LogP contribution in [-0.4, -0.2) is 10.2 Å². The average Bonchev–Trinajstić information content (AvgIpc) is 3.33. The Bertz CT molecular complexity index is 1090. The van der Waals surface area contributed by atoms with Crippen LogP contribution >= 0.6 is 24.0 Å². The smallest absolute Gasteiger partial charge is 0.240 e. The lowest BCUT2D eigenvalue weighted by molar-refractivity contribution is 0.496. The summed E-state index contributed by atoms with van der Waals surface area (Å²) in [5.41, 5.74) is 3.76. The summed E-state index contributed by atoms with van der Waals surface area (Å²) in [4.78, 5) is 0.893. The topological polar surface area (TPSA) is 38.9 Å². The van der Waals surface area contributed by atoms with Crippen LogP contribution in [0.2, 0.25) is 0 Å². The Morgan fingerprint density at radius 1 is 1.07 bits per heavy atom. The van der Waals surface area contributed by atoms with E-state index in [0.29, 0.717) is 18.2 Å². The van der Waals surface area contributed by atoms with Crippen LogP contribution in [0.25, 0.3) is 23.3 Å². The minimum Gasteiger partial charge on any atom is -0.421 e. The summed E-state index contributed by atoms with van der Waals surface area (Å²) in [7, 11) is 0. The van der Waals surface area contributed by atoms with E-state index in [1.54, 1.807) is 23.5 Å². The second-order valence-corrected chi connectivity index (χ2v) is 7.25. The number of halogens is 1. The van der Waals surface area contributed by atoms with Gasteiger partial charge in [0.25, 0.3) is 0 Å². The predicted octanol–water partition coefficient (Wildman–Crippen LogP) is 5.99. The molecule has 0 N–H and O–H groups in total. The molecule has 134 valence electrons.